The zero-order chi connectivity index (χ0) is 19.4. The summed E-state index contributed by atoms with van der Waals surface area (Å²) in [7, 11) is -2.20. The van der Waals surface area contributed by atoms with E-state index in [0.29, 0.717) is 16.5 Å². The Morgan fingerprint density at radius 2 is 1.67 bits per heavy atom. The van der Waals surface area contributed by atoms with Crippen LogP contribution < -0.4 is 9.04 Å². The minimum atomic E-state index is -3.78. The molecule has 0 amide bonds. The Hall–Kier alpha value is -2.02. The molecule has 0 aliphatic carbocycles. The molecule has 0 spiro atoms. The standard InChI is InChI=1S/C20H17BrClNO3S/c1-26-19-4-2-3-15(13-19)14-23(18-9-5-16(21)6-10-18)27(24,25)20-11-7-17(22)8-12-20/h2-13H,14H2,1H3. The molecule has 140 valence electrons. The molecule has 0 aromatic heterocycles. The molecular weight excluding hydrogens is 450 g/mol. The van der Waals surface area contributed by atoms with Crippen molar-refractivity contribution >= 4 is 43.2 Å². The van der Waals surface area contributed by atoms with Crippen LogP contribution in [-0.4, -0.2) is 15.5 Å². The molecule has 4 nitrogen and oxygen atoms in total. The molecule has 0 atom stereocenters. The maximum Gasteiger partial charge on any atom is 0.264 e. The first-order chi connectivity index (χ1) is 12.9. The lowest BCUT2D eigenvalue weighted by atomic mass is 10.2. The summed E-state index contributed by atoms with van der Waals surface area (Å²) < 4.78 is 34.2. The lowest BCUT2D eigenvalue weighted by Gasteiger charge is -2.25. The highest BCUT2D eigenvalue weighted by molar-refractivity contribution is 9.10. The number of benzene rings is 3. The highest BCUT2D eigenvalue weighted by Crippen LogP contribution is 2.28. The molecule has 3 rings (SSSR count). The average Bonchev–Trinajstić information content (AvgIpc) is 2.67. The van der Waals surface area contributed by atoms with Crippen molar-refractivity contribution < 1.29 is 13.2 Å². The van der Waals surface area contributed by atoms with Crippen molar-refractivity contribution in [2.24, 2.45) is 0 Å². The molecule has 3 aromatic carbocycles. The molecule has 0 fully saturated rings. The van der Waals surface area contributed by atoms with Crippen molar-refractivity contribution in [2.75, 3.05) is 11.4 Å². The third kappa shape index (κ3) is 4.64. The summed E-state index contributed by atoms with van der Waals surface area (Å²) in [6.07, 6.45) is 0. The summed E-state index contributed by atoms with van der Waals surface area (Å²) in [6.45, 7) is 0.170. The molecule has 0 aliphatic rings. The van der Waals surface area contributed by atoms with Gasteiger partial charge in [-0.15, -0.1) is 0 Å². The number of halogens is 2. The SMILES string of the molecule is COc1cccc(CN(c2ccc(Br)cc2)S(=O)(=O)c2ccc(Cl)cc2)c1. The summed E-state index contributed by atoms with van der Waals surface area (Å²) in [5, 5.41) is 0.483. The largest absolute Gasteiger partial charge is 0.497 e. The molecule has 0 saturated heterocycles. The van der Waals surface area contributed by atoms with Gasteiger partial charge in [0.2, 0.25) is 0 Å². The maximum atomic E-state index is 13.3. The summed E-state index contributed by atoms with van der Waals surface area (Å²) in [6, 6.07) is 20.6. The second-order valence-electron chi connectivity index (χ2n) is 5.79. The fraction of sp³-hybridized carbons (Fsp3) is 0.100. The zero-order valence-corrected chi connectivity index (χ0v) is 17.6. The van der Waals surface area contributed by atoms with Crippen molar-refractivity contribution in [1.29, 1.82) is 0 Å². The van der Waals surface area contributed by atoms with Crippen LogP contribution >= 0.6 is 27.5 Å². The number of nitrogens with zero attached hydrogens (tertiary/aromatic N) is 1. The van der Waals surface area contributed by atoms with E-state index in [2.05, 4.69) is 15.9 Å². The van der Waals surface area contributed by atoms with Crippen LogP contribution in [0.15, 0.2) is 82.2 Å². The summed E-state index contributed by atoms with van der Waals surface area (Å²) in [4.78, 5) is 0.178. The number of rotatable bonds is 6. The van der Waals surface area contributed by atoms with Gasteiger partial charge in [0.05, 0.1) is 24.2 Å². The van der Waals surface area contributed by atoms with Crippen molar-refractivity contribution in [3.63, 3.8) is 0 Å². The molecule has 0 radical (unpaired) electrons. The summed E-state index contributed by atoms with van der Waals surface area (Å²) >= 11 is 9.30. The highest BCUT2D eigenvalue weighted by Gasteiger charge is 2.25. The van der Waals surface area contributed by atoms with Gasteiger partial charge < -0.3 is 4.74 Å². The number of ether oxygens (including phenoxy) is 1. The van der Waals surface area contributed by atoms with Crippen LogP contribution in [0.1, 0.15) is 5.56 Å². The smallest absolute Gasteiger partial charge is 0.264 e. The number of hydrogen-bond donors (Lipinski definition) is 0. The van der Waals surface area contributed by atoms with Crippen molar-refractivity contribution in [1.82, 2.24) is 0 Å². The molecule has 0 heterocycles. The fourth-order valence-corrected chi connectivity index (χ4v) is 4.44. The maximum absolute atomic E-state index is 13.3. The Morgan fingerprint density at radius 1 is 1.00 bits per heavy atom. The summed E-state index contributed by atoms with van der Waals surface area (Å²) in [5.41, 5.74) is 1.38. The Labute approximate surface area is 172 Å². The second-order valence-corrected chi connectivity index (χ2v) is 9.01. The van der Waals surface area contributed by atoms with Crippen LogP contribution in [0.5, 0.6) is 5.75 Å². The fourth-order valence-electron chi connectivity index (χ4n) is 2.59. The molecule has 0 saturated carbocycles. The van der Waals surface area contributed by atoms with E-state index in [-0.39, 0.29) is 11.4 Å². The van der Waals surface area contributed by atoms with E-state index in [4.69, 9.17) is 16.3 Å². The topological polar surface area (TPSA) is 46.6 Å². The van der Waals surface area contributed by atoms with Gasteiger partial charge in [-0.25, -0.2) is 8.42 Å². The quantitative estimate of drug-likeness (QED) is 0.481. The molecule has 0 N–H and O–H groups in total. The van der Waals surface area contributed by atoms with Gasteiger partial charge in [-0.05, 0) is 66.2 Å². The second kappa shape index (κ2) is 8.33. The van der Waals surface area contributed by atoms with E-state index in [1.165, 1.54) is 16.4 Å². The first-order valence-electron chi connectivity index (χ1n) is 8.07. The van der Waals surface area contributed by atoms with Gasteiger partial charge in [0.25, 0.3) is 10.0 Å². The normalized spacial score (nSPS) is 11.2. The lowest BCUT2D eigenvalue weighted by molar-refractivity contribution is 0.414. The minimum Gasteiger partial charge on any atom is -0.497 e. The van der Waals surface area contributed by atoms with Crippen molar-refractivity contribution in [3.8, 4) is 5.75 Å². The van der Waals surface area contributed by atoms with E-state index in [1.54, 1.807) is 31.4 Å². The monoisotopic (exact) mass is 465 g/mol. The molecule has 27 heavy (non-hydrogen) atoms. The van der Waals surface area contributed by atoms with Crippen LogP contribution in [0.4, 0.5) is 5.69 Å². The minimum absolute atomic E-state index is 0.170. The number of anilines is 1. The number of sulfonamides is 1. The average molecular weight is 467 g/mol. The van der Waals surface area contributed by atoms with Crippen LogP contribution in [0.25, 0.3) is 0 Å². The van der Waals surface area contributed by atoms with Gasteiger partial charge in [0.15, 0.2) is 0 Å². The van der Waals surface area contributed by atoms with E-state index >= 15 is 0 Å². The first-order valence-corrected chi connectivity index (χ1v) is 10.7. The van der Waals surface area contributed by atoms with Gasteiger partial charge in [0.1, 0.15) is 5.75 Å². The summed E-state index contributed by atoms with van der Waals surface area (Å²) in [5.74, 6) is 0.673. The molecule has 7 heteroatoms. The molecular formula is C20H17BrClNO3S. The van der Waals surface area contributed by atoms with E-state index in [0.717, 1.165) is 10.0 Å². The van der Waals surface area contributed by atoms with Crippen molar-refractivity contribution in [3.05, 3.63) is 87.9 Å². The van der Waals surface area contributed by atoms with E-state index < -0.39 is 10.0 Å². The van der Waals surface area contributed by atoms with E-state index in [1.807, 2.05) is 36.4 Å². The Bertz CT molecular complexity index is 1020. The third-order valence-electron chi connectivity index (χ3n) is 3.98. The highest BCUT2D eigenvalue weighted by atomic mass is 79.9. The Balaban J connectivity index is 2.06. The van der Waals surface area contributed by atoms with Gasteiger partial charge in [-0.3, -0.25) is 4.31 Å². The predicted molar refractivity (Wildman–Crippen MR) is 112 cm³/mol. The van der Waals surface area contributed by atoms with Crippen LogP contribution in [-0.2, 0) is 16.6 Å². The lowest BCUT2D eigenvalue weighted by Crippen LogP contribution is -2.30. The number of hydrogen-bond acceptors (Lipinski definition) is 3. The van der Waals surface area contributed by atoms with Gasteiger partial charge >= 0.3 is 0 Å². The Morgan fingerprint density at radius 3 is 2.30 bits per heavy atom. The molecule has 0 bridgehead atoms. The molecule has 3 aromatic rings. The van der Waals surface area contributed by atoms with E-state index in [9.17, 15) is 8.42 Å². The third-order valence-corrected chi connectivity index (χ3v) is 6.55. The van der Waals surface area contributed by atoms with Crippen LogP contribution in [0, 0.1) is 0 Å². The Kier molecular flexibility index (Phi) is 6.09. The zero-order valence-electron chi connectivity index (χ0n) is 14.5. The van der Waals surface area contributed by atoms with Crippen LogP contribution in [0.2, 0.25) is 5.02 Å². The first kappa shape index (κ1) is 19.7. The molecule has 0 aliphatic heterocycles. The van der Waals surface area contributed by atoms with Gasteiger partial charge in [-0.2, -0.15) is 0 Å². The molecule has 0 unspecified atom stereocenters. The van der Waals surface area contributed by atoms with Gasteiger partial charge in [-0.1, -0.05) is 39.7 Å². The number of methoxy groups -OCH3 is 1. The van der Waals surface area contributed by atoms with Crippen molar-refractivity contribution in [2.45, 2.75) is 11.4 Å². The van der Waals surface area contributed by atoms with Gasteiger partial charge in [0, 0.05) is 9.50 Å². The van der Waals surface area contributed by atoms with Crippen LogP contribution in [0.3, 0.4) is 0 Å². The predicted octanol–water partition coefficient (Wildman–Crippen LogP) is 5.51.